The van der Waals surface area contributed by atoms with Crippen molar-refractivity contribution in [3.05, 3.63) is 0 Å². The lowest BCUT2D eigenvalue weighted by atomic mass is 9.92. The first-order valence-electron chi connectivity index (χ1n) is 8.34. The number of carbonyl (C=O) groups is 1. The Morgan fingerprint density at radius 1 is 1.14 bits per heavy atom. The lowest BCUT2D eigenvalue weighted by Crippen LogP contribution is -2.51. The van der Waals surface area contributed by atoms with Gasteiger partial charge in [-0.3, -0.25) is 9.69 Å². The van der Waals surface area contributed by atoms with Crippen LogP contribution in [0.1, 0.15) is 46.5 Å². The largest absolute Gasteiger partial charge is 0.376 e. The number of hydrogen-bond donors (Lipinski definition) is 1. The van der Waals surface area contributed by atoms with Crippen LogP contribution in [0.2, 0.25) is 0 Å². The summed E-state index contributed by atoms with van der Waals surface area (Å²) in [5.41, 5.74) is 0. The van der Waals surface area contributed by atoms with E-state index in [0.717, 1.165) is 50.3 Å². The summed E-state index contributed by atoms with van der Waals surface area (Å²) in [5, 5.41) is 3.25. The summed E-state index contributed by atoms with van der Waals surface area (Å²) in [6.45, 7) is 8.29. The van der Waals surface area contributed by atoms with E-state index in [2.05, 4.69) is 24.1 Å². The molecule has 5 heteroatoms. The van der Waals surface area contributed by atoms with Crippen LogP contribution in [-0.2, 0) is 9.53 Å². The molecule has 1 N–H and O–H groups in total. The number of carbonyl (C=O) groups excluding carboxylic acids is 1. The van der Waals surface area contributed by atoms with Gasteiger partial charge in [0.1, 0.15) is 0 Å². The summed E-state index contributed by atoms with van der Waals surface area (Å²) in [4.78, 5) is 14.7. The number of ether oxygens (including phenoxy) is 1. The molecule has 0 bridgehead atoms. The maximum Gasteiger partial charge on any atom is 0.237 e. The first kappa shape index (κ1) is 17.1. The molecule has 1 aliphatic heterocycles. The highest BCUT2D eigenvalue weighted by Gasteiger charge is 2.27. The van der Waals surface area contributed by atoms with Crippen molar-refractivity contribution in [2.24, 2.45) is 0 Å². The molecule has 1 saturated carbocycles. The summed E-state index contributed by atoms with van der Waals surface area (Å²) < 4.78 is 5.86. The standard InChI is InChI=1S/C16H30N2O2S/c1-12(2)20-15-6-4-14(5-7-15)17-16(19)13(3)18-8-10-21-11-9-18/h12-15H,4-11H2,1-3H3,(H,17,19)/t13-,14?,15?/m1/s1. The van der Waals surface area contributed by atoms with Gasteiger partial charge in [0, 0.05) is 30.6 Å². The van der Waals surface area contributed by atoms with Crippen LogP contribution in [0, 0.1) is 0 Å². The van der Waals surface area contributed by atoms with Gasteiger partial charge in [0.15, 0.2) is 0 Å². The van der Waals surface area contributed by atoms with Crippen molar-refractivity contribution in [2.45, 2.75) is 70.7 Å². The summed E-state index contributed by atoms with van der Waals surface area (Å²) >= 11 is 1.98. The third-order valence-corrected chi connectivity index (χ3v) is 5.40. The molecule has 2 fully saturated rings. The second kappa shape index (κ2) is 8.39. The highest BCUT2D eigenvalue weighted by atomic mass is 32.2. The fraction of sp³-hybridized carbons (Fsp3) is 0.938. The van der Waals surface area contributed by atoms with E-state index in [9.17, 15) is 4.79 Å². The molecule has 1 amide bonds. The topological polar surface area (TPSA) is 41.6 Å². The normalized spacial score (nSPS) is 29.3. The van der Waals surface area contributed by atoms with E-state index >= 15 is 0 Å². The van der Waals surface area contributed by atoms with Crippen molar-refractivity contribution >= 4 is 17.7 Å². The molecule has 122 valence electrons. The van der Waals surface area contributed by atoms with E-state index in [1.165, 1.54) is 0 Å². The van der Waals surface area contributed by atoms with Crippen LogP contribution in [0.5, 0.6) is 0 Å². The van der Waals surface area contributed by atoms with Crippen LogP contribution < -0.4 is 5.32 Å². The van der Waals surface area contributed by atoms with Crippen molar-refractivity contribution in [3.8, 4) is 0 Å². The van der Waals surface area contributed by atoms with E-state index in [1.54, 1.807) is 0 Å². The summed E-state index contributed by atoms with van der Waals surface area (Å²) in [6, 6.07) is 0.349. The van der Waals surface area contributed by atoms with Crippen molar-refractivity contribution in [3.63, 3.8) is 0 Å². The van der Waals surface area contributed by atoms with Crippen LogP contribution in [-0.4, -0.2) is 59.7 Å². The lowest BCUT2D eigenvalue weighted by Gasteiger charge is -2.34. The Labute approximate surface area is 133 Å². The molecule has 0 aromatic heterocycles. The second-order valence-corrected chi connectivity index (χ2v) is 7.72. The molecule has 2 rings (SSSR count). The number of rotatable bonds is 5. The smallest absolute Gasteiger partial charge is 0.237 e. The minimum absolute atomic E-state index is 0.00976. The highest BCUT2D eigenvalue weighted by molar-refractivity contribution is 7.99. The van der Waals surface area contributed by atoms with Gasteiger partial charge in [-0.15, -0.1) is 0 Å². The zero-order valence-electron chi connectivity index (χ0n) is 13.6. The number of amides is 1. The summed E-state index contributed by atoms with van der Waals surface area (Å²) in [6.07, 6.45) is 4.92. The van der Waals surface area contributed by atoms with E-state index in [4.69, 9.17) is 4.74 Å². The monoisotopic (exact) mass is 314 g/mol. The van der Waals surface area contributed by atoms with Crippen molar-refractivity contribution in [1.82, 2.24) is 10.2 Å². The Balaban J connectivity index is 1.71. The van der Waals surface area contributed by atoms with Crippen molar-refractivity contribution in [2.75, 3.05) is 24.6 Å². The zero-order chi connectivity index (χ0) is 15.2. The molecular weight excluding hydrogens is 284 g/mol. The molecule has 0 unspecified atom stereocenters. The molecule has 1 atom stereocenters. The van der Waals surface area contributed by atoms with Crippen LogP contribution in [0.4, 0.5) is 0 Å². The van der Waals surface area contributed by atoms with Crippen LogP contribution >= 0.6 is 11.8 Å². The third-order valence-electron chi connectivity index (χ3n) is 4.46. The van der Waals surface area contributed by atoms with Gasteiger partial charge >= 0.3 is 0 Å². The molecule has 21 heavy (non-hydrogen) atoms. The minimum Gasteiger partial charge on any atom is -0.376 e. The molecule has 1 heterocycles. The average molecular weight is 314 g/mol. The maximum absolute atomic E-state index is 12.4. The van der Waals surface area contributed by atoms with Crippen molar-refractivity contribution < 1.29 is 9.53 Å². The molecule has 1 saturated heterocycles. The fourth-order valence-electron chi connectivity index (χ4n) is 3.18. The van der Waals surface area contributed by atoms with Gasteiger partial charge in [-0.2, -0.15) is 11.8 Å². The Hall–Kier alpha value is -0.260. The van der Waals surface area contributed by atoms with Gasteiger partial charge in [-0.25, -0.2) is 0 Å². The molecule has 0 aromatic carbocycles. The average Bonchev–Trinajstić information content (AvgIpc) is 2.49. The van der Waals surface area contributed by atoms with Crippen LogP contribution in [0.15, 0.2) is 0 Å². The van der Waals surface area contributed by atoms with Gasteiger partial charge in [-0.1, -0.05) is 0 Å². The molecular formula is C16H30N2O2S. The molecule has 0 aromatic rings. The Morgan fingerprint density at radius 3 is 2.33 bits per heavy atom. The molecule has 0 radical (unpaired) electrons. The fourth-order valence-corrected chi connectivity index (χ4v) is 4.11. The van der Waals surface area contributed by atoms with Crippen molar-refractivity contribution in [1.29, 1.82) is 0 Å². The predicted octanol–water partition coefficient (Wildman–Crippen LogP) is 2.28. The number of nitrogens with one attached hydrogen (secondary N) is 1. The predicted molar refractivity (Wildman–Crippen MR) is 88.8 cm³/mol. The number of hydrogen-bond acceptors (Lipinski definition) is 4. The molecule has 4 nitrogen and oxygen atoms in total. The van der Waals surface area contributed by atoms with E-state index in [-0.39, 0.29) is 11.9 Å². The maximum atomic E-state index is 12.4. The Morgan fingerprint density at radius 2 is 1.76 bits per heavy atom. The first-order valence-corrected chi connectivity index (χ1v) is 9.49. The summed E-state index contributed by atoms with van der Waals surface area (Å²) in [5.74, 6) is 2.50. The van der Waals surface area contributed by atoms with Gasteiger partial charge in [0.25, 0.3) is 0 Å². The highest BCUT2D eigenvalue weighted by Crippen LogP contribution is 2.22. The zero-order valence-corrected chi connectivity index (χ0v) is 14.5. The first-order chi connectivity index (χ1) is 10.1. The van der Waals surface area contributed by atoms with Gasteiger partial charge in [0.2, 0.25) is 5.91 Å². The second-order valence-electron chi connectivity index (χ2n) is 6.49. The molecule has 2 aliphatic rings. The molecule has 0 spiro atoms. The van der Waals surface area contributed by atoms with Crippen LogP contribution in [0.3, 0.4) is 0 Å². The van der Waals surface area contributed by atoms with Crippen LogP contribution in [0.25, 0.3) is 0 Å². The Bertz CT molecular complexity index is 324. The van der Waals surface area contributed by atoms with Gasteiger partial charge in [-0.05, 0) is 46.5 Å². The van der Waals surface area contributed by atoms with Gasteiger partial charge in [0.05, 0.1) is 18.2 Å². The van der Waals surface area contributed by atoms with E-state index < -0.39 is 0 Å². The lowest BCUT2D eigenvalue weighted by molar-refractivity contribution is -0.127. The quantitative estimate of drug-likeness (QED) is 0.845. The van der Waals surface area contributed by atoms with E-state index in [0.29, 0.717) is 18.2 Å². The summed E-state index contributed by atoms with van der Waals surface area (Å²) in [7, 11) is 0. The molecule has 1 aliphatic carbocycles. The number of thioether (sulfide) groups is 1. The number of nitrogens with zero attached hydrogens (tertiary/aromatic N) is 1. The van der Waals surface area contributed by atoms with E-state index in [1.807, 2.05) is 18.7 Å². The third kappa shape index (κ3) is 5.46. The Kier molecular flexibility index (Phi) is 6.83. The van der Waals surface area contributed by atoms with Gasteiger partial charge < -0.3 is 10.1 Å². The minimum atomic E-state index is 0.00976. The SMILES string of the molecule is CC(C)OC1CCC(NC(=O)[C@@H](C)N2CCSCC2)CC1.